The highest BCUT2D eigenvalue weighted by atomic mass is 79.9. The zero-order chi connectivity index (χ0) is 12.3. The number of rotatable bonds is 4. The van der Waals surface area contributed by atoms with E-state index in [2.05, 4.69) is 52.0 Å². The van der Waals surface area contributed by atoms with Crippen molar-refractivity contribution in [2.75, 3.05) is 25.1 Å². The first-order valence-electron chi connectivity index (χ1n) is 6.12. The van der Waals surface area contributed by atoms with Crippen molar-refractivity contribution in [3.8, 4) is 0 Å². The van der Waals surface area contributed by atoms with Gasteiger partial charge < -0.3 is 4.74 Å². The zero-order valence-electron chi connectivity index (χ0n) is 10.5. The lowest BCUT2D eigenvalue weighted by molar-refractivity contribution is -0.00275. The number of alkyl halides is 1. The van der Waals surface area contributed by atoms with E-state index in [9.17, 15) is 0 Å². The number of morpholine rings is 1. The Morgan fingerprint density at radius 2 is 2.41 bits per heavy atom. The molecular formula is C12H20BrN3O. The number of nitrogens with zero attached hydrogens (tertiary/aromatic N) is 3. The van der Waals surface area contributed by atoms with Crippen LogP contribution in [-0.2, 0) is 11.3 Å². The van der Waals surface area contributed by atoms with Gasteiger partial charge in [0.15, 0.2) is 0 Å². The normalized spacial score (nSPS) is 22.2. The van der Waals surface area contributed by atoms with Crippen LogP contribution in [0.2, 0.25) is 0 Å². The molecule has 0 spiro atoms. The van der Waals surface area contributed by atoms with Crippen LogP contribution in [0.3, 0.4) is 0 Å². The second-order valence-corrected chi connectivity index (χ2v) is 5.38. The van der Waals surface area contributed by atoms with Crippen LogP contribution in [0, 0.1) is 0 Å². The molecular weight excluding hydrogens is 282 g/mol. The zero-order valence-corrected chi connectivity index (χ0v) is 12.1. The minimum Gasteiger partial charge on any atom is -0.378 e. The highest BCUT2D eigenvalue weighted by molar-refractivity contribution is 9.09. The van der Waals surface area contributed by atoms with Crippen LogP contribution in [0.4, 0.5) is 0 Å². The molecule has 1 atom stereocenters. The summed E-state index contributed by atoms with van der Waals surface area (Å²) in [6, 6.07) is 3.01. The molecule has 0 aromatic carbocycles. The maximum absolute atomic E-state index is 5.49. The number of halogens is 1. The fourth-order valence-electron chi connectivity index (χ4n) is 2.00. The third-order valence-corrected chi connectivity index (χ3v) is 3.83. The van der Waals surface area contributed by atoms with Gasteiger partial charge in [0, 0.05) is 36.7 Å². The molecule has 5 heteroatoms. The van der Waals surface area contributed by atoms with Gasteiger partial charge in [-0.15, -0.1) is 0 Å². The summed E-state index contributed by atoms with van der Waals surface area (Å²) in [7, 11) is 0. The average molecular weight is 302 g/mol. The molecule has 1 saturated heterocycles. The SMILES string of the molecule is CC(C)n1ccc(CN2CCOCC2CBr)n1. The molecule has 17 heavy (non-hydrogen) atoms. The summed E-state index contributed by atoms with van der Waals surface area (Å²) in [6.45, 7) is 7.84. The van der Waals surface area contributed by atoms with Gasteiger partial charge in [-0.1, -0.05) is 15.9 Å². The van der Waals surface area contributed by atoms with E-state index >= 15 is 0 Å². The topological polar surface area (TPSA) is 30.3 Å². The predicted octanol–water partition coefficient (Wildman–Crippen LogP) is 2.06. The van der Waals surface area contributed by atoms with E-state index in [-0.39, 0.29) is 0 Å². The lowest BCUT2D eigenvalue weighted by atomic mass is 10.2. The van der Waals surface area contributed by atoms with Gasteiger partial charge in [0.2, 0.25) is 0 Å². The number of aromatic nitrogens is 2. The Kier molecular flexibility index (Phi) is 4.59. The molecule has 2 rings (SSSR count). The van der Waals surface area contributed by atoms with Gasteiger partial charge in [-0.2, -0.15) is 5.10 Å². The minimum atomic E-state index is 0.431. The third kappa shape index (κ3) is 3.30. The van der Waals surface area contributed by atoms with E-state index in [1.165, 1.54) is 0 Å². The maximum atomic E-state index is 5.49. The second kappa shape index (κ2) is 5.98. The second-order valence-electron chi connectivity index (χ2n) is 4.73. The maximum Gasteiger partial charge on any atom is 0.0765 e. The standard InChI is InChI=1S/C12H20BrN3O/c1-10(2)16-4-3-11(14-16)8-15-5-6-17-9-12(15)7-13/h3-4,10,12H,5-9H2,1-2H3. The molecule has 2 heterocycles. The van der Waals surface area contributed by atoms with E-state index in [4.69, 9.17) is 4.74 Å². The lowest BCUT2D eigenvalue weighted by Gasteiger charge is -2.33. The molecule has 1 aromatic heterocycles. The summed E-state index contributed by atoms with van der Waals surface area (Å²) < 4.78 is 7.50. The molecule has 0 bridgehead atoms. The average Bonchev–Trinajstić information content (AvgIpc) is 2.78. The quantitative estimate of drug-likeness (QED) is 0.798. The largest absolute Gasteiger partial charge is 0.378 e. The van der Waals surface area contributed by atoms with Gasteiger partial charge in [-0.3, -0.25) is 9.58 Å². The molecule has 1 aliphatic heterocycles. The highest BCUT2D eigenvalue weighted by Gasteiger charge is 2.22. The van der Waals surface area contributed by atoms with E-state index in [0.29, 0.717) is 12.1 Å². The van der Waals surface area contributed by atoms with Crippen molar-refractivity contribution in [2.45, 2.75) is 32.5 Å². The Labute approximate surface area is 111 Å². The Hall–Kier alpha value is -0.390. The van der Waals surface area contributed by atoms with Gasteiger partial charge in [-0.25, -0.2) is 0 Å². The monoisotopic (exact) mass is 301 g/mol. The molecule has 1 aromatic rings. The van der Waals surface area contributed by atoms with Crippen LogP contribution >= 0.6 is 15.9 Å². The first-order chi connectivity index (χ1) is 8.20. The fraction of sp³-hybridized carbons (Fsp3) is 0.750. The summed E-state index contributed by atoms with van der Waals surface area (Å²) >= 11 is 3.55. The Morgan fingerprint density at radius 1 is 1.59 bits per heavy atom. The molecule has 0 aliphatic carbocycles. The molecule has 0 amide bonds. The van der Waals surface area contributed by atoms with Crippen LogP contribution in [0.1, 0.15) is 25.6 Å². The third-order valence-electron chi connectivity index (χ3n) is 3.09. The van der Waals surface area contributed by atoms with E-state index in [1.54, 1.807) is 0 Å². The molecule has 4 nitrogen and oxygen atoms in total. The smallest absolute Gasteiger partial charge is 0.0765 e. The summed E-state index contributed by atoms with van der Waals surface area (Å²) in [5.74, 6) is 0. The summed E-state index contributed by atoms with van der Waals surface area (Å²) in [4.78, 5) is 2.44. The van der Waals surface area contributed by atoms with Crippen LogP contribution in [0.15, 0.2) is 12.3 Å². The molecule has 0 saturated carbocycles. The van der Waals surface area contributed by atoms with Crippen LogP contribution in [0.5, 0.6) is 0 Å². The van der Waals surface area contributed by atoms with E-state index < -0.39 is 0 Å². The Morgan fingerprint density at radius 3 is 3.06 bits per heavy atom. The summed E-state index contributed by atoms with van der Waals surface area (Å²) in [5, 5.41) is 5.55. The summed E-state index contributed by atoms with van der Waals surface area (Å²) in [5.41, 5.74) is 1.14. The number of ether oxygens (including phenoxy) is 1. The van der Waals surface area contributed by atoms with Gasteiger partial charge in [0.25, 0.3) is 0 Å². The molecule has 1 aliphatic rings. The molecule has 1 fully saturated rings. The number of hydrogen-bond donors (Lipinski definition) is 0. The first kappa shape index (κ1) is 13.1. The molecule has 0 N–H and O–H groups in total. The van der Waals surface area contributed by atoms with Gasteiger partial charge in [0.1, 0.15) is 0 Å². The highest BCUT2D eigenvalue weighted by Crippen LogP contribution is 2.14. The minimum absolute atomic E-state index is 0.431. The van der Waals surface area contributed by atoms with Crippen molar-refractivity contribution >= 4 is 15.9 Å². The summed E-state index contributed by atoms with van der Waals surface area (Å²) in [6.07, 6.45) is 2.06. The van der Waals surface area contributed by atoms with Crippen molar-refractivity contribution < 1.29 is 4.74 Å². The predicted molar refractivity (Wildman–Crippen MR) is 71.4 cm³/mol. The van der Waals surface area contributed by atoms with Crippen LogP contribution in [-0.4, -0.2) is 45.8 Å². The van der Waals surface area contributed by atoms with Crippen LogP contribution < -0.4 is 0 Å². The fourth-order valence-corrected chi connectivity index (χ4v) is 2.59. The number of hydrogen-bond acceptors (Lipinski definition) is 3. The van der Waals surface area contributed by atoms with Gasteiger partial charge >= 0.3 is 0 Å². The lowest BCUT2D eigenvalue weighted by Crippen LogP contribution is -2.45. The van der Waals surface area contributed by atoms with Gasteiger partial charge in [0.05, 0.1) is 18.9 Å². The van der Waals surface area contributed by atoms with Crippen LogP contribution in [0.25, 0.3) is 0 Å². The van der Waals surface area contributed by atoms with Crippen molar-refractivity contribution in [2.24, 2.45) is 0 Å². The van der Waals surface area contributed by atoms with E-state index in [0.717, 1.165) is 37.3 Å². The molecule has 96 valence electrons. The molecule has 1 unspecified atom stereocenters. The Bertz CT molecular complexity index is 353. The Balaban J connectivity index is 1.98. The van der Waals surface area contributed by atoms with Gasteiger partial charge in [-0.05, 0) is 19.9 Å². The molecule has 0 radical (unpaired) electrons. The van der Waals surface area contributed by atoms with Crippen molar-refractivity contribution in [3.63, 3.8) is 0 Å². The van der Waals surface area contributed by atoms with Crippen molar-refractivity contribution in [1.29, 1.82) is 0 Å². The van der Waals surface area contributed by atoms with Crippen molar-refractivity contribution in [3.05, 3.63) is 18.0 Å². The van der Waals surface area contributed by atoms with E-state index in [1.807, 2.05) is 4.68 Å². The van der Waals surface area contributed by atoms with Crippen molar-refractivity contribution in [1.82, 2.24) is 14.7 Å². The first-order valence-corrected chi connectivity index (χ1v) is 7.24.